The number of aliphatic carboxylic acids is 1. The summed E-state index contributed by atoms with van der Waals surface area (Å²) in [6, 6.07) is 20.8. The van der Waals surface area contributed by atoms with Crippen molar-refractivity contribution in [1.82, 2.24) is 0 Å². The lowest BCUT2D eigenvalue weighted by Gasteiger charge is -2.09. The Morgan fingerprint density at radius 2 is 1.65 bits per heavy atom. The van der Waals surface area contributed by atoms with Crippen LogP contribution < -0.4 is 10.1 Å². The normalized spacial score (nSPS) is 10.5. The maximum atomic E-state index is 12.0. The SMILES string of the molecule is O=C(O)CCc1ccc(NC(=O)COc2ccc3ccccc3c2)cc1. The van der Waals surface area contributed by atoms with Crippen LogP contribution in [-0.2, 0) is 16.0 Å². The Morgan fingerprint density at radius 1 is 0.923 bits per heavy atom. The number of nitrogens with one attached hydrogen (secondary N) is 1. The van der Waals surface area contributed by atoms with E-state index in [4.69, 9.17) is 9.84 Å². The second-order valence-electron chi connectivity index (χ2n) is 5.94. The van der Waals surface area contributed by atoms with Crippen molar-refractivity contribution >= 4 is 28.3 Å². The fourth-order valence-electron chi connectivity index (χ4n) is 2.61. The molecule has 1 amide bonds. The predicted octanol–water partition coefficient (Wildman–Crippen LogP) is 3.87. The van der Waals surface area contributed by atoms with Crippen LogP contribution in [0, 0.1) is 0 Å². The van der Waals surface area contributed by atoms with E-state index in [0.717, 1.165) is 16.3 Å². The standard InChI is InChI=1S/C21H19NO4/c23-20(22-18-9-5-15(6-10-18)7-12-21(24)25)14-26-19-11-8-16-3-1-2-4-17(16)13-19/h1-6,8-11,13H,7,12,14H2,(H,22,23)(H,24,25). The highest BCUT2D eigenvalue weighted by molar-refractivity contribution is 5.92. The first-order valence-electron chi connectivity index (χ1n) is 8.32. The van der Waals surface area contributed by atoms with Gasteiger partial charge in [0, 0.05) is 12.1 Å². The van der Waals surface area contributed by atoms with Crippen molar-refractivity contribution in [2.45, 2.75) is 12.8 Å². The quantitative estimate of drug-likeness (QED) is 0.679. The van der Waals surface area contributed by atoms with Crippen molar-refractivity contribution in [2.75, 3.05) is 11.9 Å². The number of carboxylic acid groups (broad SMARTS) is 1. The summed E-state index contributed by atoms with van der Waals surface area (Å²) in [6.45, 7) is -0.0842. The van der Waals surface area contributed by atoms with Gasteiger partial charge in [0.05, 0.1) is 0 Å². The first kappa shape index (κ1) is 17.5. The molecule has 0 radical (unpaired) electrons. The van der Waals surface area contributed by atoms with E-state index in [-0.39, 0.29) is 18.9 Å². The molecule has 0 aliphatic rings. The summed E-state index contributed by atoms with van der Waals surface area (Å²) in [5.41, 5.74) is 1.56. The first-order chi connectivity index (χ1) is 12.6. The average molecular weight is 349 g/mol. The Balaban J connectivity index is 1.52. The zero-order valence-corrected chi connectivity index (χ0v) is 14.1. The number of benzene rings is 3. The van der Waals surface area contributed by atoms with Gasteiger partial charge in [-0.2, -0.15) is 0 Å². The molecule has 0 atom stereocenters. The molecule has 3 aromatic carbocycles. The molecular weight excluding hydrogens is 330 g/mol. The van der Waals surface area contributed by atoms with Crippen LogP contribution in [-0.4, -0.2) is 23.6 Å². The van der Waals surface area contributed by atoms with Crippen molar-refractivity contribution < 1.29 is 19.4 Å². The number of hydrogen-bond donors (Lipinski definition) is 2. The molecule has 5 heteroatoms. The van der Waals surface area contributed by atoms with Crippen molar-refractivity contribution in [1.29, 1.82) is 0 Å². The van der Waals surface area contributed by atoms with Crippen LogP contribution in [0.2, 0.25) is 0 Å². The Kier molecular flexibility index (Phi) is 5.49. The molecule has 132 valence electrons. The monoisotopic (exact) mass is 349 g/mol. The second-order valence-corrected chi connectivity index (χ2v) is 5.94. The fraction of sp³-hybridized carbons (Fsp3) is 0.143. The van der Waals surface area contributed by atoms with E-state index >= 15 is 0 Å². The number of amides is 1. The minimum Gasteiger partial charge on any atom is -0.484 e. The van der Waals surface area contributed by atoms with Crippen LogP contribution in [0.15, 0.2) is 66.7 Å². The molecule has 0 spiro atoms. The number of carboxylic acids is 1. The largest absolute Gasteiger partial charge is 0.484 e. The van der Waals surface area contributed by atoms with Crippen LogP contribution in [0.25, 0.3) is 10.8 Å². The van der Waals surface area contributed by atoms with E-state index in [0.29, 0.717) is 17.9 Å². The van der Waals surface area contributed by atoms with Gasteiger partial charge in [-0.1, -0.05) is 42.5 Å². The van der Waals surface area contributed by atoms with E-state index in [9.17, 15) is 9.59 Å². The lowest BCUT2D eigenvalue weighted by Crippen LogP contribution is -2.20. The predicted molar refractivity (Wildman–Crippen MR) is 100 cm³/mol. The number of ether oxygens (including phenoxy) is 1. The van der Waals surface area contributed by atoms with Gasteiger partial charge in [0.25, 0.3) is 5.91 Å². The van der Waals surface area contributed by atoms with E-state index in [1.165, 1.54) is 0 Å². The third-order valence-electron chi connectivity index (χ3n) is 3.96. The van der Waals surface area contributed by atoms with Crippen molar-refractivity contribution in [3.05, 3.63) is 72.3 Å². The molecule has 0 aromatic heterocycles. The number of carbonyl (C=O) groups excluding carboxylic acids is 1. The average Bonchev–Trinajstić information content (AvgIpc) is 2.65. The molecule has 0 aliphatic carbocycles. The van der Waals surface area contributed by atoms with Gasteiger partial charge in [-0.3, -0.25) is 9.59 Å². The molecule has 3 rings (SSSR count). The van der Waals surface area contributed by atoms with Gasteiger partial charge >= 0.3 is 5.97 Å². The number of hydrogen-bond acceptors (Lipinski definition) is 3. The molecule has 0 bridgehead atoms. The highest BCUT2D eigenvalue weighted by Crippen LogP contribution is 2.20. The van der Waals surface area contributed by atoms with Crippen molar-refractivity contribution in [3.8, 4) is 5.75 Å². The fourth-order valence-corrected chi connectivity index (χ4v) is 2.61. The third-order valence-corrected chi connectivity index (χ3v) is 3.96. The third kappa shape index (κ3) is 4.83. The van der Waals surface area contributed by atoms with Gasteiger partial charge in [-0.05, 0) is 47.0 Å². The van der Waals surface area contributed by atoms with E-state index in [1.807, 2.05) is 54.6 Å². The Bertz CT molecular complexity index is 919. The van der Waals surface area contributed by atoms with Crippen LogP contribution in [0.4, 0.5) is 5.69 Å². The summed E-state index contributed by atoms with van der Waals surface area (Å²) in [5.74, 6) is -0.437. The molecular formula is C21H19NO4. The maximum absolute atomic E-state index is 12.0. The van der Waals surface area contributed by atoms with Gasteiger partial charge in [0.1, 0.15) is 5.75 Å². The topological polar surface area (TPSA) is 75.6 Å². The molecule has 0 fully saturated rings. The number of anilines is 1. The first-order valence-corrected chi connectivity index (χ1v) is 8.32. The summed E-state index contributed by atoms with van der Waals surface area (Å²) < 4.78 is 5.56. The molecule has 0 aliphatic heterocycles. The second kappa shape index (κ2) is 8.16. The molecule has 5 nitrogen and oxygen atoms in total. The van der Waals surface area contributed by atoms with Crippen LogP contribution >= 0.6 is 0 Å². The van der Waals surface area contributed by atoms with Crippen LogP contribution in [0.1, 0.15) is 12.0 Å². The summed E-state index contributed by atoms with van der Waals surface area (Å²) in [5, 5.41) is 13.6. The molecule has 0 saturated carbocycles. The zero-order chi connectivity index (χ0) is 18.4. The maximum Gasteiger partial charge on any atom is 0.303 e. The Morgan fingerprint density at radius 3 is 2.38 bits per heavy atom. The Hall–Kier alpha value is -3.34. The van der Waals surface area contributed by atoms with E-state index in [1.54, 1.807) is 12.1 Å². The Labute approximate surface area is 151 Å². The number of aryl methyl sites for hydroxylation is 1. The summed E-state index contributed by atoms with van der Waals surface area (Å²) in [4.78, 5) is 22.6. The summed E-state index contributed by atoms with van der Waals surface area (Å²) in [6.07, 6.45) is 0.555. The number of carbonyl (C=O) groups is 2. The minimum absolute atomic E-state index is 0.0842. The van der Waals surface area contributed by atoms with Crippen molar-refractivity contribution in [3.63, 3.8) is 0 Å². The van der Waals surface area contributed by atoms with Gasteiger partial charge in [0.15, 0.2) is 6.61 Å². The lowest BCUT2D eigenvalue weighted by molar-refractivity contribution is -0.137. The van der Waals surface area contributed by atoms with Gasteiger partial charge in [0.2, 0.25) is 0 Å². The van der Waals surface area contributed by atoms with Gasteiger partial charge in [-0.25, -0.2) is 0 Å². The zero-order valence-electron chi connectivity index (χ0n) is 14.1. The lowest BCUT2D eigenvalue weighted by atomic mass is 10.1. The number of rotatable bonds is 7. The van der Waals surface area contributed by atoms with E-state index in [2.05, 4.69) is 5.32 Å². The molecule has 0 saturated heterocycles. The molecule has 0 unspecified atom stereocenters. The number of fused-ring (bicyclic) bond motifs is 1. The van der Waals surface area contributed by atoms with Crippen molar-refractivity contribution in [2.24, 2.45) is 0 Å². The van der Waals surface area contributed by atoms with Gasteiger partial charge in [-0.15, -0.1) is 0 Å². The van der Waals surface area contributed by atoms with Crippen LogP contribution in [0.3, 0.4) is 0 Å². The van der Waals surface area contributed by atoms with Gasteiger partial charge < -0.3 is 15.2 Å². The minimum atomic E-state index is -0.826. The highest BCUT2D eigenvalue weighted by atomic mass is 16.5. The summed E-state index contributed by atoms with van der Waals surface area (Å²) >= 11 is 0. The molecule has 3 aromatic rings. The molecule has 2 N–H and O–H groups in total. The van der Waals surface area contributed by atoms with Crippen LogP contribution in [0.5, 0.6) is 5.75 Å². The molecule has 26 heavy (non-hydrogen) atoms. The van der Waals surface area contributed by atoms with E-state index < -0.39 is 5.97 Å². The molecule has 0 heterocycles. The highest BCUT2D eigenvalue weighted by Gasteiger charge is 2.05. The smallest absolute Gasteiger partial charge is 0.303 e. The summed E-state index contributed by atoms with van der Waals surface area (Å²) in [7, 11) is 0.